The number of ether oxygens (including phenoxy) is 1. The van der Waals surface area contributed by atoms with Gasteiger partial charge < -0.3 is 14.9 Å². The number of aliphatic hydroxyl groups excluding tert-OH is 1. The van der Waals surface area contributed by atoms with Gasteiger partial charge in [0.2, 0.25) is 0 Å². The molecule has 64 valence electrons. The van der Waals surface area contributed by atoms with Gasteiger partial charge in [0, 0.05) is 0 Å². The van der Waals surface area contributed by atoms with Crippen LogP contribution in [0.3, 0.4) is 0 Å². The van der Waals surface area contributed by atoms with Crippen molar-refractivity contribution in [1.82, 2.24) is 0 Å². The molecule has 0 aromatic rings. The van der Waals surface area contributed by atoms with Crippen LogP contribution in [-0.2, 0) is 14.3 Å². The molecule has 0 saturated carbocycles. The minimum absolute atomic E-state index is 0.221. The molecule has 1 atom stereocenters. The third-order valence-electron chi connectivity index (χ3n) is 0.997. The molecule has 0 radical (unpaired) electrons. The molecule has 0 heterocycles. The second-order valence-electron chi connectivity index (χ2n) is 1.93. The first-order valence-corrected chi connectivity index (χ1v) is 3.14. The van der Waals surface area contributed by atoms with Crippen LogP contribution in [0.4, 0.5) is 0 Å². The molecule has 0 aromatic heterocycles. The van der Waals surface area contributed by atoms with E-state index in [0.29, 0.717) is 0 Å². The summed E-state index contributed by atoms with van der Waals surface area (Å²) in [5.74, 6) is -2.13. The predicted molar refractivity (Wildman–Crippen MR) is 34.9 cm³/mol. The summed E-state index contributed by atoms with van der Waals surface area (Å²) in [6.07, 6.45) is -0.993. The molecule has 2 N–H and O–H groups in total. The Morgan fingerprint density at radius 1 is 1.55 bits per heavy atom. The maximum atomic E-state index is 10.5. The van der Waals surface area contributed by atoms with Crippen LogP contribution in [0.25, 0.3) is 0 Å². The van der Waals surface area contributed by atoms with Crippen LogP contribution in [0.1, 0.15) is 13.3 Å². The van der Waals surface area contributed by atoms with Crippen LogP contribution in [0.15, 0.2) is 0 Å². The monoisotopic (exact) mass is 162 g/mol. The highest BCUT2D eigenvalue weighted by Gasteiger charge is 2.14. The second kappa shape index (κ2) is 4.68. The van der Waals surface area contributed by atoms with Crippen LogP contribution >= 0.6 is 0 Å². The molecule has 1 unspecified atom stereocenters. The number of aliphatic hydroxyl groups is 1. The van der Waals surface area contributed by atoms with Crippen molar-refractivity contribution in [2.45, 2.75) is 19.4 Å². The van der Waals surface area contributed by atoms with Gasteiger partial charge in [0.25, 0.3) is 0 Å². The molecule has 5 nitrogen and oxygen atoms in total. The summed E-state index contributed by atoms with van der Waals surface area (Å²) >= 11 is 0. The van der Waals surface area contributed by atoms with Gasteiger partial charge in [-0.2, -0.15) is 0 Å². The van der Waals surface area contributed by atoms with Crippen LogP contribution in [0.5, 0.6) is 0 Å². The predicted octanol–water partition coefficient (Wildman–Crippen LogP) is -0.615. The normalized spacial score (nSPS) is 12.2. The van der Waals surface area contributed by atoms with Gasteiger partial charge in [0.05, 0.1) is 0 Å². The average Bonchev–Trinajstić information content (AvgIpc) is 1.98. The summed E-state index contributed by atoms with van der Waals surface area (Å²) in [4.78, 5) is 20.4. The third kappa shape index (κ3) is 4.32. The zero-order chi connectivity index (χ0) is 8.85. The number of rotatable bonds is 4. The van der Waals surface area contributed by atoms with Crippen molar-refractivity contribution in [2.24, 2.45) is 0 Å². The van der Waals surface area contributed by atoms with Gasteiger partial charge in [-0.1, -0.05) is 6.92 Å². The fourth-order valence-electron chi connectivity index (χ4n) is 0.396. The Kier molecular flexibility index (Phi) is 4.21. The van der Waals surface area contributed by atoms with Gasteiger partial charge in [-0.3, -0.25) is 0 Å². The zero-order valence-electron chi connectivity index (χ0n) is 6.11. The van der Waals surface area contributed by atoms with Crippen molar-refractivity contribution < 1.29 is 24.5 Å². The van der Waals surface area contributed by atoms with Gasteiger partial charge in [-0.25, -0.2) is 9.59 Å². The Balaban J connectivity index is 3.60. The third-order valence-corrected chi connectivity index (χ3v) is 0.997. The van der Waals surface area contributed by atoms with E-state index in [2.05, 4.69) is 4.74 Å². The van der Waals surface area contributed by atoms with Crippen molar-refractivity contribution in [3.05, 3.63) is 0 Å². The lowest BCUT2D eigenvalue weighted by atomic mass is 10.3. The smallest absolute Gasteiger partial charge is 0.341 e. The molecule has 0 aromatic carbocycles. The highest BCUT2D eigenvalue weighted by Crippen LogP contribution is 1.92. The maximum absolute atomic E-state index is 10.5. The lowest BCUT2D eigenvalue weighted by molar-refractivity contribution is -0.161. The molecule has 11 heavy (non-hydrogen) atoms. The second-order valence-corrected chi connectivity index (χ2v) is 1.93. The number of hydrogen-bond acceptors (Lipinski definition) is 4. The molecule has 0 aliphatic heterocycles. The summed E-state index contributed by atoms with van der Waals surface area (Å²) in [6.45, 7) is 0.891. The van der Waals surface area contributed by atoms with Crippen molar-refractivity contribution in [3.8, 4) is 0 Å². The number of carbonyl (C=O) groups excluding carboxylic acids is 1. The van der Waals surface area contributed by atoms with Gasteiger partial charge in [0.15, 0.2) is 12.7 Å². The molecule has 0 fully saturated rings. The first-order valence-electron chi connectivity index (χ1n) is 3.14. The molecule has 0 saturated heterocycles. The Hall–Kier alpha value is -1.10. The Labute approximate surface area is 63.6 Å². The quantitative estimate of drug-likeness (QED) is 0.538. The van der Waals surface area contributed by atoms with E-state index in [0.717, 1.165) is 0 Å². The van der Waals surface area contributed by atoms with E-state index in [9.17, 15) is 9.59 Å². The van der Waals surface area contributed by atoms with Gasteiger partial charge in [0.1, 0.15) is 0 Å². The number of aliphatic carboxylic acids is 1. The number of carboxylic acids is 1. The molecule has 0 aliphatic rings. The highest BCUT2D eigenvalue weighted by atomic mass is 16.6. The maximum Gasteiger partial charge on any atom is 0.341 e. The van der Waals surface area contributed by atoms with Crippen molar-refractivity contribution in [1.29, 1.82) is 0 Å². The van der Waals surface area contributed by atoms with Gasteiger partial charge >= 0.3 is 11.9 Å². The number of carbonyl (C=O) groups is 2. The van der Waals surface area contributed by atoms with E-state index in [1.54, 1.807) is 6.92 Å². The molecule has 0 bridgehead atoms. The SMILES string of the molecule is CCC(O)C(=O)OCC(=O)O. The first kappa shape index (κ1) is 9.90. The Morgan fingerprint density at radius 3 is 2.45 bits per heavy atom. The summed E-state index contributed by atoms with van der Waals surface area (Å²) in [5, 5.41) is 16.8. The van der Waals surface area contributed by atoms with Gasteiger partial charge in [-0.15, -0.1) is 0 Å². The fraction of sp³-hybridized carbons (Fsp3) is 0.667. The van der Waals surface area contributed by atoms with Crippen LogP contribution < -0.4 is 0 Å². The summed E-state index contributed by atoms with van der Waals surface area (Å²) < 4.78 is 4.17. The summed E-state index contributed by atoms with van der Waals surface area (Å²) in [6, 6.07) is 0. The lowest BCUT2D eigenvalue weighted by Crippen LogP contribution is -2.24. The largest absolute Gasteiger partial charge is 0.479 e. The molecule has 0 aliphatic carbocycles. The zero-order valence-corrected chi connectivity index (χ0v) is 6.11. The molecule has 0 amide bonds. The van der Waals surface area contributed by atoms with E-state index < -0.39 is 24.6 Å². The Bertz CT molecular complexity index is 153. The van der Waals surface area contributed by atoms with Crippen molar-refractivity contribution in [2.75, 3.05) is 6.61 Å². The highest BCUT2D eigenvalue weighted by molar-refractivity contribution is 5.77. The standard InChI is InChI=1S/C6H10O5/c1-2-4(7)6(10)11-3-5(8)9/h4,7H,2-3H2,1H3,(H,8,9). The van der Waals surface area contributed by atoms with Crippen LogP contribution in [-0.4, -0.2) is 34.9 Å². The van der Waals surface area contributed by atoms with Crippen LogP contribution in [0.2, 0.25) is 0 Å². The van der Waals surface area contributed by atoms with Gasteiger partial charge in [-0.05, 0) is 6.42 Å². The number of esters is 1. The van der Waals surface area contributed by atoms with Crippen LogP contribution in [0, 0.1) is 0 Å². The lowest BCUT2D eigenvalue weighted by Gasteiger charge is -2.05. The van der Waals surface area contributed by atoms with Crippen molar-refractivity contribution in [3.63, 3.8) is 0 Å². The van der Waals surface area contributed by atoms with E-state index in [1.165, 1.54) is 0 Å². The molecular weight excluding hydrogens is 152 g/mol. The topological polar surface area (TPSA) is 83.8 Å². The molecule has 0 rings (SSSR count). The Morgan fingerprint density at radius 2 is 2.09 bits per heavy atom. The fourth-order valence-corrected chi connectivity index (χ4v) is 0.396. The summed E-state index contributed by atoms with van der Waals surface area (Å²) in [5.41, 5.74) is 0. The number of hydrogen-bond donors (Lipinski definition) is 2. The molecular formula is C6H10O5. The minimum atomic E-state index is -1.23. The summed E-state index contributed by atoms with van der Waals surface area (Å²) in [7, 11) is 0. The van der Waals surface area contributed by atoms with Crippen molar-refractivity contribution >= 4 is 11.9 Å². The van der Waals surface area contributed by atoms with E-state index in [-0.39, 0.29) is 6.42 Å². The molecule has 0 spiro atoms. The van der Waals surface area contributed by atoms with E-state index in [1.807, 2.05) is 0 Å². The minimum Gasteiger partial charge on any atom is -0.479 e. The number of carboxylic acid groups (broad SMARTS) is 1. The van der Waals surface area contributed by atoms with E-state index >= 15 is 0 Å². The van der Waals surface area contributed by atoms with E-state index in [4.69, 9.17) is 10.2 Å². The molecule has 5 heteroatoms. The average molecular weight is 162 g/mol. The first-order chi connectivity index (χ1) is 5.07.